The molecule has 25 heavy (non-hydrogen) atoms. The number of rotatable bonds is 16. The van der Waals surface area contributed by atoms with Crippen LogP contribution in [0, 0.1) is 0 Å². The SMILES string of the molecule is C=C(COO)N(CCOCCN(CCC(=O)O)CC(=O)O)C(=C)OO. The zero-order valence-corrected chi connectivity index (χ0v) is 13.8. The van der Waals surface area contributed by atoms with Crippen molar-refractivity contribution in [2.45, 2.75) is 6.42 Å². The van der Waals surface area contributed by atoms with E-state index in [9.17, 15) is 9.59 Å². The maximum Gasteiger partial charge on any atom is 0.317 e. The molecule has 0 aliphatic rings. The first-order chi connectivity index (χ1) is 11.8. The van der Waals surface area contributed by atoms with E-state index in [1.165, 1.54) is 9.80 Å². The van der Waals surface area contributed by atoms with Gasteiger partial charge in [-0.25, -0.2) is 10.1 Å². The van der Waals surface area contributed by atoms with Crippen LogP contribution in [0.15, 0.2) is 24.7 Å². The second-order valence-corrected chi connectivity index (χ2v) is 4.90. The molecule has 0 radical (unpaired) electrons. The average molecular weight is 364 g/mol. The largest absolute Gasteiger partial charge is 0.481 e. The Hall–Kier alpha value is -2.18. The van der Waals surface area contributed by atoms with Crippen LogP contribution < -0.4 is 0 Å². The topological polar surface area (TPSA) is 149 Å². The van der Waals surface area contributed by atoms with Crippen LogP contribution in [0.25, 0.3) is 0 Å². The normalized spacial score (nSPS) is 10.5. The van der Waals surface area contributed by atoms with Crippen molar-refractivity contribution in [2.75, 3.05) is 46.0 Å². The molecule has 0 saturated heterocycles. The summed E-state index contributed by atoms with van der Waals surface area (Å²) in [4.78, 5) is 32.0. The van der Waals surface area contributed by atoms with Gasteiger partial charge in [0.15, 0.2) is 0 Å². The molecule has 11 nitrogen and oxygen atoms in total. The summed E-state index contributed by atoms with van der Waals surface area (Å²) in [6.07, 6.45) is -0.171. The van der Waals surface area contributed by atoms with Gasteiger partial charge in [-0.05, 0) is 6.58 Å². The Morgan fingerprint density at radius 1 is 0.960 bits per heavy atom. The highest BCUT2D eigenvalue weighted by atomic mass is 17.1. The predicted molar refractivity (Wildman–Crippen MR) is 84.4 cm³/mol. The maximum absolute atomic E-state index is 10.8. The molecule has 11 heteroatoms. The van der Waals surface area contributed by atoms with Crippen molar-refractivity contribution < 1.29 is 44.8 Å². The third-order valence-electron chi connectivity index (χ3n) is 3.03. The summed E-state index contributed by atoms with van der Waals surface area (Å²) in [6.45, 7) is 7.36. The lowest BCUT2D eigenvalue weighted by Crippen LogP contribution is -2.35. The first-order valence-corrected chi connectivity index (χ1v) is 7.27. The van der Waals surface area contributed by atoms with E-state index in [4.69, 9.17) is 25.5 Å². The summed E-state index contributed by atoms with van der Waals surface area (Å²) in [5.41, 5.74) is 0.263. The summed E-state index contributed by atoms with van der Waals surface area (Å²) in [5, 5.41) is 34.5. The minimum absolute atomic E-state index is 0.0942. The summed E-state index contributed by atoms with van der Waals surface area (Å²) in [6, 6.07) is 0. The fourth-order valence-electron chi connectivity index (χ4n) is 1.83. The molecular weight excluding hydrogens is 340 g/mol. The standard InChI is InChI=1S/C14H24N2O9/c1-11(10-24-21)16(12(2)25-22)6-8-23-7-5-15(9-14(19)20)4-3-13(17)18/h21-22H,1-10H2,(H,17,18)(H,19,20). The lowest BCUT2D eigenvalue weighted by atomic mass is 10.3. The highest BCUT2D eigenvalue weighted by Gasteiger charge is 2.14. The Morgan fingerprint density at radius 3 is 2.12 bits per heavy atom. The quantitative estimate of drug-likeness (QED) is 0.128. The Labute approximate surface area is 144 Å². The lowest BCUT2D eigenvalue weighted by Gasteiger charge is -2.25. The van der Waals surface area contributed by atoms with E-state index in [0.29, 0.717) is 0 Å². The van der Waals surface area contributed by atoms with E-state index in [2.05, 4.69) is 22.9 Å². The van der Waals surface area contributed by atoms with Gasteiger partial charge in [-0.1, -0.05) is 6.58 Å². The van der Waals surface area contributed by atoms with Crippen molar-refractivity contribution in [1.29, 1.82) is 0 Å². The molecule has 0 aromatic rings. The van der Waals surface area contributed by atoms with Crippen LogP contribution in [0.4, 0.5) is 0 Å². The number of carbonyl (C=O) groups is 2. The van der Waals surface area contributed by atoms with E-state index in [1.54, 1.807) is 0 Å². The molecule has 0 aromatic heterocycles. The number of ether oxygens (including phenoxy) is 1. The minimum atomic E-state index is -1.06. The number of hydrogen-bond acceptors (Lipinski definition) is 9. The van der Waals surface area contributed by atoms with E-state index in [1.807, 2.05) is 0 Å². The second-order valence-electron chi connectivity index (χ2n) is 4.90. The molecule has 0 aromatic carbocycles. The van der Waals surface area contributed by atoms with Crippen molar-refractivity contribution in [3.63, 3.8) is 0 Å². The number of carboxylic acid groups (broad SMARTS) is 2. The second kappa shape index (κ2) is 13.1. The zero-order valence-electron chi connectivity index (χ0n) is 13.8. The first kappa shape index (κ1) is 22.8. The molecule has 0 spiro atoms. The third kappa shape index (κ3) is 11.1. The Morgan fingerprint density at radius 2 is 1.60 bits per heavy atom. The third-order valence-corrected chi connectivity index (χ3v) is 3.03. The van der Waals surface area contributed by atoms with Crippen LogP contribution in [0.2, 0.25) is 0 Å². The molecule has 0 unspecified atom stereocenters. The van der Waals surface area contributed by atoms with E-state index >= 15 is 0 Å². The van der Waals surface area contributed by atoms with E-state index < -0.39 is 11.9 Å². The van der Waals surface area contributed by atoms with Crippen molar-refractivity contribution >= 4 is 11.9 Å². The number of nitrogens with zero attached hydrogens (tertiary/aromatic N) is 2. The predicted octanol–water partition coefficient (Wildman–Crippen LogP) is 0.130. The minimum Gasteiger partial charge on any atom is -0.481 e. The smallest absolute Gasteiger partial charge is 0.317 e. The van der Waals surface area contributed by atoms with Crippen LogP contribution in [-0.2, 0) is 24.1 Å². The molecule has 0 amide bonds. The van der Waals surface area contributed by atoms with Crippen molar-refractivity contribution in [1.82, 2.24) is 9.80 Å². The van der Waals surface area contributed by atoms with Gasteiger partial charge in [-0.15, -0.1) is 0 Å². The zero-order chi connectivity index (χ0) is 19.2. The molecule has 0 saturated carbocycles. The van der Waals surface area contributed by atoms with Crippen LogP contribution >= 0.6 is 0 Å². The van der Waals surface area contributed by atoms with Crippen molar-refractivity contribution in [3.05, 3.63) is 24.7 Å². The monoisotopic (exact) mass is 364 g/mol. The summed E-state index contributed by atoms with van der Waals surface area (Å²) >= 11 is 0. The first-order valence-electron chi connectivity index (χ1n) is 7.27. The molecule has 4 N–H and O–H groups in total. The fraction of sp³-hybridized carbons (Fsp3) is 0.571. The lowest BCUT2D eigenvalue weighted by molar-refractivity contribution is -0.243. The van der Waals surface area contributed by atoms with Gasteiger partial charge in [0, 0.05) is 25.3 Å². The van der Waals surface area contributed by atoms with Gasteiger partial charge < -0.3 is 24.7 Å². The molecule has 144 valence electrons. The molecule has 0 rings (SSSR count). The van der Waals surface area contributed by atoms with Crippen molar-refractivity contribution in [2.24, 2.45) is 0 Å². The summed E-state index contributed by atoms with van der Waals surface area (Å²) < 4.78 is 5.36. The van der Waals surface area contributed by atoms with Gasteiger partial charge in [0.2, 0.25) is 5.88 Å². The number of hydrogen-bond donors (Lipinski definition) is 4. The maximum atomic E-state index is 10.8. The Bertz CT molecular complexity index is 456. The molecule has 0 aliphatic heterocycles. The highest BCUT2D eigenvalue weighted by molar-refractivity contribution is 5.69. The van der Waals surface area contributed by atoms with Gasteiger partial charge in [0.05, 0.1) is 26.2 Å². The molecule has 0 aliphatic carbocycles. The fourth-order valence-corrected chi connectivity index (χ4v) is 1.83. The molecule has 0 bridgehead atoms. The Kier molecular flexibility index (Phi) is 12.0. The molecule has 0 fully saturated rings. The van der Waals surface area contributed by atoms with E-state index in [-0.39, 0.29) is 64.0 Å². The van der Waals surface area contributed by atoms with Crippen molar-refractivity contribution in [3.8, 4) is 0 Å². The van der Waals surface area contributed by atoms with Crippen LogP contribution in [-0.4, -0.2) is 88.5 Å². The van der Waals surface area contributed by atoms with Crippen LogP contribution in [0.1, 0.15) is 6.42 Å². The molecule has 0 atom stereocenters. The van der Waals surface area contributed by atoms with Gasteiger partial charge in [-0.2, -0.15) is 0 Å². The van der Waals surface area contributed by atoms with Gasteiger partial charge >= 0.3 is 11.9 Å². The molecule has 0 heterocycles. The van der Waals surface area contributed by atoms with Gasteiger partial charge in [0.1, 0.15) is 6.61 Å². The average Bonchev–Trinajstić information content (AvgIpc) is 2.54. The van der Waals surface area contributed by atoms with E-state index in [0.717, 1.165) is 0 Å². The number of carboxylic acids is 2. The Balaban J connectivity index is 4.27. The summed E-state index contributed by atoms with van der Waals surface area (Å²) in [7, 11) is 0. The van der Waals surface area contributed by atoms with Gasteiger partial charge in [0.25, 0.3) is 0 Å². The highest BCUT2D eigenvalue weighted by Crippen LogP contribution is 2.10. The summed E-state index contributed by atoms with van der Waals surface area (Å²) in [5.74, 6) is -2.22. The molecular formula is C14H24N2O9. The van der Waals surface area contributed by atoms with Crippen LogP contribution in [0.3, 0.4) is 0 Å². The van der Waals surface area contributed by atoms with Crippen LogP contribution in [0.5, 0.6) is 0 Å². The number of aliphatic carboxylic acids is 2. The van der Waals surface area contributed by atoms with Gasteiger partial charge in [-0.3, -0.25) is 19.7 Å².